The molecule has 2 aromatic rings. The van der Waals surface area contributed by atoms with Crippen LogP contribution < -0.4 is 0 Å². The van der Waals surface area contributed by atoms with Gasteiger partial charge in [-0.1, -0.05) is 6.07 Å². The maximum atomic E-state index is 13.0. The number of Topliss-reactive ketones (excluding diaryl/α,β-unsaturated/α-hetero) is 1. The lowest BCUT2D eigenvalue weighted by molar-refractivity contribution is 0.0993. The molecule has 0 atom stereocenters. The van der Waals surface area contributed by atoms with Gasteiger partial charge in [-0.3, -0.25) is 4.79 Å². The third-order valence-electron chi connectivity index (χ3n) is 2.69. The van der Waals surface area contributed by atoms with E-state index in [-0.39, 0.29) is 12.2 Å². The number of aryl methyl sites for hydroxylation is 2. The second-order valence-corrected chi connectivity index (χ2v) is 5.64. The Morgan fingerprint density at radius 3 is 2.44 bits per heavy atom. The van der Waals surface area contributed by atoms with E-state index in [1.165, 1.54) is 6.07 Å². The number of carbonyl (C=O) groups is 1. The highest BCUT2D eigenvalue weighted by atomic mass is 32.1. The monoisotopic (exact) mass is 266 g/mol. The molecule has 2 rings (SSSR count). The molecule has 0 radical (unpaired) electrons. The van der Waals surface area contributed by atoms with Gasteiger partial charge in [0.15, 0.2) is 17.4 Å². The maximum absolute atomic E-state index is 13.0. The summed E-state index contributed by atoms with van der Waals surface area (Å²) in [6.45, 7) is 3.82. The summed E-state index contributed by atoms with van der Waals surface area (Å²) in [6, 6.07) is 5.39. The Morgan fingerprint density at radius 1 is 1.17 bits per heavy atom. The van der Waals surface area contributed by atoms with Gasteiger partial charge in [0.05, 0.1) is 0 Å². The van der Waals surface area contributed by atoms with Gasteiger partial charge in [0, 0.05) is 21.7 Å². The topological polar surface area (TPSA) is 17.1 Å². The summed E-state index contributed by atoms with van der Waals surface area (Å²) in [4.78, 5) is 14.1. The van der Waals surface area contributed by atoms with Crippen molar-refractivity contribution < 1.29 is 13.6 Å². The molecule has 0 saturated carbocycles. The van der Waals surface area contributed by atoms with Gasteiger partial charge in [0.1, 0.15) is 0 Å². The van der Waals surface area contributed by atoms with Crippen molar-refractivity contribution in [3.8, 4) is 0 Å². The minimum atomic E-state index is -0.918. The van der Waals surface area contributed by atoms with Crippen LogP contribution in [0, 0.1) is 25.5 Å². The highest BCUT2D eigenvalue weighted by molar-refractivity contribution is 7.12. The molecule has 94 valence electrons. The van der Waals surface area contributed by atoms with E-state index in [9.17, 15) is 13.6 Å². The van der Waals surface area contributed by atoms with Crippen LogP contribution in [-0.2, 0) is 6.42 Å². The van der Waals surface area contributed by atoms with Crippen molar-refractivity contribution in [1.29, 1.82) is 0 Å². The average Bonchev–Trinajstić information content (AvgIpc) is 2.63. The minimum absolute atomic E-state index is 0.0668. The van der Waals surface area contributed by atoms with Gasteiger partial charge in [-0.05, 0) is 37.6 Å². The fourth-order valence-corrected chi connectivity index (χ4v) is 2.78. The Balaban J connectivity index is 2.21. The number of hydrogen-bond acceptors (Lipinski definition) is 2. The van der Waals surface area contributed by atoms with Gasteiger partial charge in [0.25, 0.3) is 0 Å². The third kappa shape index (κ3) is 2.64. The highest BCUT2D eigenvalue weighted by Gasteiger charge is 2.13. The minimum Gasteiger partial charge on any atom is -0.294 e. The molecule has 1 aromatic carbocycles. The SMILES string of the molecule is Cc1cc(C(=O)Cc2ccc(F)c(F)c2)c(C)s1. The molecule has 0 bridgehead atoms. The van der Waals surface area contributed by atoms with Crippen LogP contribution in [0.15, 0.2) is 24.3 Å². The molecule has 0 amide bonds. The molecule has 0 aliphatic heterocycles. The van der Waals surface area contributed by atoms with Crippen molar-refractivity contribution in [3.63, 3.8) is 0 Å². The first kappa shape index (κ1) is 12.9. The number of rotatable bonds is 3. The number of ketones is 1. The number of carbonyl (C=O) groups excluding carboxylic acids is 1. The molecule has 1 heterocycles. The molecule has 0 aliphatic carbocycles. The van der Waals surface area contributed by atoms with E-state index in [0.29, 0.717) is 11.1 Å². The fourth-order valence-electron chi connectivity index (χ4n) is 1.84. The first-order valence-corrected chi connectivity index (χ1v) is 6.33. The smallest absolute Gasteiger partial charge is 0.168 e. The van der Waals surface area contributed by atoms with Crippen molar-refractivity contribution in [1.82, 2.24) is 0 Å². The zero-order valence-electron chi connectivity index (χ0n) is 10.1. The Labute approximate surface area is 108 Å². The predicted octanol–water partition coefficient (Wildman–Crippen LogP) is 4.07. The van der Waals surface area contributed by atoms with Crippen LogP contribution in [0.2, 0.25) is 0 Å². The molecule has 18 heavy (non-hydrogen) atoms. The fraction of sp³-hybridized carbons (Fsp3) is 0.214. The van der Waals surface area contributed by atoms with Crippen LogP contribution in [0.4, 0.5) is 8.78 Å². The van der Waals surface area contributed by atoms with E-state index in [0.717, 1.165) is 21.9 Å². The quantitative estimate of drug-likeness (QED) is 0.765. The normalized spacial score (nSPS) is 10.7. The number of benzene rings is 1. The molecule has 0 fully saturated rings. The van der Waals surface area contributed by atoms with E-state index in [1.807, 2.05) is 19.9 Å². The van der Waals surface area contributed by atoms with Crippen LogP contribution in [0.5, 0.6) is 0 Å². The average molecular weight is 266 g/mol. The Hall–Kier alpha value is -1.55. The highest BCUT2D eigenvalue weighted by Crippen LogP contribution is 2.22. The molecule has 0 unspecified atom stereocenters. The molecule has 0 aliphatic rings. The zero-order chi connectivity index (χ0) is 13.3. The van der Waals surface area contributed by atoms with Crippen LogP contribution in [0.25, 0.3) is 0 Å². The summed E-state index contributed by atoms with van der Waals surface area (Å²) in [5.41, 5.74) is 1.16. The van der Waals surface area contributed by atoms with Crippen molar-refractivity contribution in [2.45, 2.75) is 20.3 Å². The largest absolute Gasteiger partial charge is 0.294 e. The molecule has 0 spiro atoms. The molecular formula is C14H12F2OS. The van der Waals surface area contributed by atoms with E-state index in [1.54, 1.807) is 11.3 Å². The van der Waals surface area contributed by atoms with Crippen LogP contribution in [0.3, 0.4) is 0 Å². The predicted molar refractivity (Wildman–Crippen MR) is 68.2 cm³/mol. The molecule has 1 aromatic heterocycles. The number of hydrogen-bond donors (Lipinski definition) is 0. The summed E-state index contributed by atoms with van der Waals surface area (Å²) >= 11 is 1.56. The maximum Gasteiger partial charge on any atom is 0.168 e. The van der Waals surface area contributed by atoms with Crippen molar-refractivity contribution in [2.24, 2.45) is 0 Å². The van der Waals surface area contributed by atoms with Gasteiger partial charge in [0.2, 0.25) is 0 Å². The Morgan fingerprint density at radius 2 is 1.89 bits per heavy atom. The standard InChI is InChI=1S/C14H12F2OS/c1-8-5-11(9(2)18-8)14(17)7-10-3-4-12(15)13(16)6-10/h3-6H,7H2,1-2H3. The second-order valence-electron chi connectivity index (χ2n) is 4.18. The zero-order valence-corrected chi connectivity index (χ0v) is 10.9. The van der Waals surface area contributed by atoms with Gasteiger partial charge in [-0.25, -0.2) is 8.78 Å². The Kier molecular flexibility index (Phi) is 3.57. The molecule has 4 heteroatoms. The van der Waals surface area contributed by atoms with Gasteiger partial charge in [-0.2, -0.15) is 0 Å². The van der Waals surface area contributed by atoms with Crippen molar-refractivity contribution >= 4 is 17.1 Å². The molecule has 0 N–H and O–H groups in total. The number of thiophene rings is 1. The first-order chi connectivity index (χ1) is 8.47. The van der Waals surface area contributed by atoms with E-state index in [4.69, 9.17) is 0 Å². The second kappa shape index (κ2) is 4.98. The van der Waals surface area contributed by atoms with Crippen LogP contribution >= 0.6 is 11.3 Å². The lowest BCUT2D eigenvalue weighted by atomic mass is 10.0. The summed E-state index contributed by atoms with van der Waals surface area (Å²) in [7, 11) is 0. The van der Waals surface area contributed by atoms with Gasteiger partial charge < -0.3 is 0 Å². The van der Waals surface area contributed by atoms with Gasteiger partial charge >= 0.3 is 0 Å². The molecule has 1 nitrogen and oxygen atoms in total. The lowest BCUT2D eigenvalue weighted by Gasteiger charge is -2.01. The number of halogens is 2. The summed E-state index contributed by atoms with van der Waals surface area (Å²) < 4.78 is 25.8. The molecule has 0 saturated heterocycles. The van der Waals surface area contributed by atoms with E-state index in [2.05, 4.69) is 0 Å². The van der Waals surface area contributed by atoms with Crippen molar-refractivity contribution in [3.05, 3.63) is 56.8 Å². The van der Waals surface area contributed by atoms with Crippen LogP contribution in [0.1, 0.15) is 25.7 Å². The first-order valence-electron chi connectivity index (χ1n) is 5.51. The summed E-state index contributed by atoms with van der Waals surface area (Å²) in [5.74, 6) is -1.88. The lowest BCUT2D eigenvalue weighted by Crippen LogP contribution is -2.04. The van der Waals surface area contributed by atoms with E-state index < -0.39 is 11.6 Å². The van der Waals surface area contributed by atoms with Crippen LogP contribution in [-0.4, -0.2) is 5.78 Å². The molecular weight excluding hydrogens is 254 g/mol. The van der Waals surface area contributed by atoms with E-state index >= 15 is 0 Å². The van der Waals surface area contributed by atoms with Crippen molar-refractivity contribution in [2.75, 3.05) is 0 Å². The summed E-state index contributed by atoms with van der Waals surface area (Å²) in [5, 5.41) is 0. The Bertz CT molecular complexity index is 602. The summed E-state index contributed by atoms with van der Waals surface area (Å²) in [6.07, 6.45) is 0.0915. The third-order valence-corrected chi connectivity index (χ3v) is 3.66. The van der Waals surface area contributed by atoms with Gasteiger partial charge in [-0.15, -0.1) is 11.3 Å².